The lowest BCUT2D eigenvalue weighted by Crippen LogP contribution is -2.52. The predicted molar refractivity (Wildman–Crippen MR) is 91.6 cm³/mol. The number of hydrogen-bond acceptors (Lipinski definition) is 4. The van der Waals surface area contributed by atoms with Crippen LogP contribution in [-0.2, 0) is 0 Å². The molecular weight excluding hydrogens is 296 g/mol. The summed E-state index contributed by atoms with van der Waals surface area (Å²) >= 11 is 1.66. The van der Waals surface area contributed by atoms with Crippen LogP contribution in [0.1, 0.15) is 29.3 Å². The Bertz CT molecular complexity index is 509. The summed E-state index contributed by atoms with van der Waals surface area (Å²) in [5, 5.41) is 9.40. The highest BCUT2D eigenvalue weighted by Crippen LogP contribution is 2.21. The molecule has 22 heavy (non-hydrogen) atoms. The van der Waals surface area contributed by atoms with Crippen molar-refractivity contribution >= 4 is 17.7 Å². The Morgan fingerprint density at radius 2 is 2.00 bits per heavy atom. The lowest BCUT2D eigenvalue weighted by atomic mass is 10.1. The number of aliphatic hydroxyl groups excluding tert-OH is 1. The molecule has 1 heterocycles. The molecule has 122 valence electrons. The second kappa shape index (κ2) is 7.99. The van der Waals surface area contributed by atoms with Gasteiger partial charge in [-0.1, -0.05) is 13.0 Å². The normalized spacial score (nSPS) is 17.5. The van der Waals surface area contributed by atoms with Gasteiger partial charge >= 0.3 is 0 Å². The summed E-state index contributed by atoms with van der Waals surface area (Å²) in [6.07, 6.45) is 2.97. The largest absolute Gasteiger partial charge is 0.395 e. The molecule has 1 atom stereocenters. The van der Waals surface area contributed by atoms with Crippen LogP contribution < -0.4 is 0 Å². The summed E-state index contributed by atoms with van der Waals surface area (Å²) in [5.41, 5.74) is 1.85. The van der Waals surface area contributed by atoms with Crippen molar-refractivity contribution in [2.45, 2.75) is 31.2 Å². The molecule has 0 saturated carbocycles. The minimum atomic E-state index is 0.130. The van der Waals surface area contributed by atoms with E-state index < -0.39 is 0 Å². The standard InChI is InChI=1S/C17H26N2O2S/c1-4-14(12-20)18-7-9-19(10-8-18)17(21)16-11-15(22-3)6-5-13(16)2/h5-6,11,14,20H,4,7-10,12H2,1-3H3. The lowest BCUT2D eigenvalue weighted by Gasteiger charge is -2.38. The summed E-state index contributed by atoms with van der Waals surface area (Å²) in [7, 11) is 0. The highest BCUT2D eigenvalue weighted by molar-refractivity contribution is 7.98. The average Bonchev–Trinajstić information content (AvgIpc) is 2.56. The van der Waals surface area contributed by atoms with Gasteiger partial charge in [0.15, 0.2) is 0 Å². The smallest absolute Gasteiger partial charge is 0.254 e. The second-order valence-electron chi connectivity index (χ2n) is 5.75. The fraction of sp³-hybridized carbons (Fsp3) is 0.588. The maximum atomic E-state index is 12.8. The van der Waals surface area contributed by atoms with E-state index in [1.54, 1.807) is 11.8 Å². The molecule has 1 N–H and O–H groups in total. The average molecular weight is 322 g/mol. The number of amides is 1. The SMILES string of the molecule is CCC(CO)N1CCN(C(=O)c2cc(SC)ccc2C)CC1. The van der Waals surface area contributed by atoms with Gasteiger partial charge in [-0.3, -0.25) is 9.69 Å². The van der Waals surface area contributed by atoms with Gasteiger partial charge in [-0.05, 0) is 37.3 Å². The number of thioether (sulfide) groups is 1. The van der Waals surface area contributed by atoms with E-state index in [0.29, 0.717) is 0 Å². The van der Waals surface area contributed by atoms with Crippen molar-refractivity contribution in [3.05, 3.63) is 29.3 Å². The van der Waals surface area contributed by atoms with Gasteiger partial charge in [-0.15, -0.1) is 11.8 Å². The first-order valence-corrected chi connectivity index (χ1v) is 9.12. The molecule has 1 saturated heterocycles. The summed E-state index contributed by atoms with van der Waals surface area (Å²) in [5.74, 6) is 0.130. The second-order valence-corrected chi connectivity index (χ2v) is 6.63. The lowest BCUT2D eigenvalue weighted by molar-refractivity contribution is 0.0471. The number of hydrogen-bond donors (Lipinski definition) is 1. The van der Waals surface area contributed by atoms with Gasteiger partial charge in [0.1, 0.15) is 0 Å². The molecule has 5 heteroatoms. The summed E-state index contributed by atoms with van der Waals surface area (Å²) < 4.78 is 0. The van der Waals surface area contributed by atoms with Crippen LogP contribution in [0.15, 0.2) is 23.1 Å². The molecule has 0 spiro atoms. The van der Waals surface area contributed by atoms with E-state index in [9.17, 15) is 9.90 Å². The zero-order valence-electron chi connectivity index (χ0n) is 13.7. The Morgan fingerprint density at radius 3 is 2.55 bits per heavy atom. The fourth-order valence-corrected chi connectivity index (χ4v) is 3.36. The third kappa shape index (κ3) is 3.83. The summed E-state index contributed by atoms with van der Waals surface area (Å²) in [6, 6.07) is 6.30. The van der Waals surface area contributed by atoms with E-state index in [2.05, 4.69) is 17.9 Å². The highest BCUT2D eigenvalue weighted by Gasteiger charge is 2.26. The molecule has 1 aromatic rings. The number of nitrogens with zero attached hydrogens (tertiary/aromatic N) is 2. The Kier molecular flexibility index (Phi) is 6.29. The number of aliphatic hydroxyl groups is 1. The van der Waals surface area contributed by atoms with Crippen LogP contribution in [0.3, 0.4) is 0 Å². The number of carbonyl (C=O) groups is 1. The molecule has 4 nitrogen and oxygen atoms in total. The van der Waals surface area contributed by atoms with Gasteiger partial charge in [0, 0.05) is 42.7 Å². The number of aryl methyl sites for hydroxylation is 1. The van der Waals surface area contributed by atoms with Crippen LogP contribution in [0.2, 0.25) is 0 Å². The maximum absolute atomic E-state index is 12.8. The van der Waals surface area contributed by atoms with Crippen molar-refractivity contribution in [2.24, 2.45) is 0 Å². The predicted octanol–water partition coefficient (Wildman–Crippen LogP) is 2.25. The molecule has 1 amide bonds. The van der Waals surface area contributed by atoms with E-state index in [1.807, 2.05) is 30.2 Å². The molecule has 1 aromatic carbocycles. The van der Waals surface area contributed by atoms with Gasteiger partial charge in [0.05, 0.1) is 6.61 Å². The minimum absolute atomic E-state index is 0.130. The van der Waals surface area contributed by atoms with Crippen molar-refractivity contribution in [2.75, 3.05) is 39.0 Å². The van der Waals surface area contributed by atoms with Crippen LogP contribution >= 0.6 is 11.8 Å². The van der Waals surface area contributed by atoms with Crippen LogP contribution in [0.4, 0.5) is 0 Å². The maximum Gasteiger partial charge on any atom is 0.254 e. The molecule has 0 aromatic heterocycles. The Hall–Kier alpha value is -1.04. The first-order chi connectivity index (χ1) is 10.6. The van der Waals surface area contributed by atoms with Crippen molar-refractivity contribution in [1.29, 1.82) is 0 Å². The first kappa shape index (κ1) is 17.3. The van der Waals surface area contributed by atoms with Crippen LogP contribution in [0.5, 0.6) is 0 Å². The Balaban J connectivity index is 2.03. The molecule has 0 aliphatic carbocycles. The first-order valence-electron chi connectivity index (χ1n) is 7.89. The van der Waals surface area contributed by atoms with E-state index in [-0.39, 0.29) is 18.6 Å². The van der Waals surface area contributed by atoms with Gasteiger partial charge < -0.3 is 10.0 Å². The molecule has 0 radical (unpaired) electrons. The molecule has 1 aliphatic rings. The molecule has 1 fully saturated rings. The van der Waals surface area contributed by atoms with Crippen LogP contribution in [-0.4, -0.2) is 65.9 Å². The van der Waals surface area contributed by atoms with Crippen molar-refractivity contribution < 1.29 is 9.90 Å². The van der Waals surface area contributed by atoms with Gasteiger partial charge in [-0.2, -0.15) is 0 Å². The Morgan fingerprint density at radius 1 is 1.32 bits per heavy atom. The van der Waals surface area contributed by atoms with Crippen molar-refractivity contribution in [3.8, 4) is 0 Å². The topological polar surface area (TPSA) is 43.8 Å². The van der Waals surface area contributed by atoms with Gasteiger partial charge in [-0.25, -0.2) is 0 Å². The Labute approximate surface area is 137 Å². The third-order valence-electron chi connectivity index (χ3n) is 4.48. The van der Waals surface area contributed by atoms with Gasteiger partial charge in [0.2, 0.25) is 0 Å². The van der Waals surface area contributed by atoms with Crippen molar-refractivity contribution in [3.63, 3.8) is 0 Å². The zero-order valence-corrected chi connectivity index (χ0v) is 14.5. The molecule has 1 aliphatic heterocycles. The number of rotatable bonds is 5. The van der Waals surface area contributed by atoms with Crippen LogP contribution in [0.25, 0.3) is 0 Å². The van der Waals surface area contributed by atoms with Gasteiger partial charge in [0.25, 0.3) is 5.91 Å². The number of benzene rings is 1. The monoisotopic (exact) mass is 322 g/mol. The van der Waals surface area contributed by atoms with E-state index in [4.69, 9.17) is 0 Å². The summed E-state index contributed by atoms with van der Waals surface area (Å²) in [4.78, 5) is 18.1. The number of carbonyl (C=O) groups excluding carboxylic acids is 1. The third-order valence-corrected chi connectivity index (χ3v) is 5.20. The number of piperazine rings is 1. The molecular formula is C17H26N2O2S. The minimum Gasteiger partial charge on any atom is -0.395 e. The van der Waals surface area contributed by atoms with E-state index >= 15 is 0 Å². The molecule has 0 bridgehead atoms. The quantitative estimate of drug-likeness (QED) is 0.845. The van der Waals surface area contributed by atoms with E-state index in [0.717, 1.165) is 48.6 Å². The molecule has 1 unspecified atom stereocenters. The van der Waals surface area contributed by atoms with Crippen molar-refractivity contribution in [1.82, 2.24) is 9.80 Å². The zero-order chi connectivity index (χ0) is 16.1. The van der Waals surface area contributed by atoms with Crippen LogP contribution in [0, 0.1) is 6.92 Å². The molecule has 2 rings (SSSR count). The van der Waals surface area contributed by atoms with E-state index in [1.165, 1.54) is 0 Å². The summed E-state index contributed by atoms with van der Waals surface area (Å²) in [6.45, 7) is 7.43. The highest BCUT2D eigenvalue weighted by atomic mass is 32.2. The fourth-order valence-electron chi connectivity index (χ4n) is 2.92.